The number of benzene rings is 8. The minimum atomic E-state index is 0.675. The van der Waals surface area contributed by atoms with Crippen LogP contribution in [0.4, 0.5) is 5.69 Å². The molecule has 0 aliphatic heterocycles. The van der Waals surface area contributed by atoms with E-state index in [0.717, 1.165) is 38.5 Å². The van der Waals surface area contributed by atoms with Gasteiger partial charge in [-0.1, -0.05) is 133 Å². The number of nitrogens with zero attached hydrogens (tertiary/aromatic N) is 2. The van der Waals surface area contributed by atoms with Gasteiger partial charge in [-0.15, -0.1) is 11.3 Å². The van der Waals surface area contributed by atoms with Gasteiger partial charge in [0.05, 0.1) is 17.8 Å². The normalized spacial score (nSPS) is 11.8. The Bertz CT molecular complexity index is 2920. The molecule has 0 radical (unpaired) electrons. The highest BCUT2D eigenvalue weighted by Gasteiger charge is 2.22. The molecular weight excluding hydrogens is 589 g/mol. The van der Waals surface area contributed by atoms with Crippen LogP contribution in [0.1, 0.15) is 0 Å². The summed E-state index contributed by atoms with van der Waals surface area (Å²) in [4.78, 5) is 9.32. The van der Waals surface area contributed by atoms with E-state index >= 15 is 0 Å². The molecular formula is C44H24N2S. The van der Waals surface area contributed by atoms with Gasteiger partial charge >= 0.3 is 0 Å². The van der Waals surface area contributed by atoms with Crippen molar-refractivity contribution in [1.29, 1.82) is 0 Å². The highest BCUT2D eigenvalue weighted by Crippen LogP contribution is 2.49. The van der Waals surface area contributed by atoms with Crippen LogP contribution in [0.2, 0.25) is 0 Å². The first-order valence-electron chi connectivity index (χ1n) is 15.8. The molecule has 2 heterocycles. The molecule has 0 bridgehead atoms. The first kappa shape index (κ1) is 26.2. The van der Waals surface area contributed by atoms with Gasteiger partial charge in [0.2, 0.25) is 0 Å². The molecule has 0 aliphatic rings. The van der Waals surface area contributed by atoms with Crippen molar-refractivity contribution >= 4 is 91.2 Å². The zero-order valence-electron chi connectivity index (χ0n) is 25.2. The fourth-order valence-corrected chi connectivity index (χ4v) is 8.94. The predicted molar refractivity (Wildman–Crippen MR) is 202 cm³/mol. The SMILES string of the molecule is [C-]#[N+]c1ccc(-c2c3ccccc3c(-c3nc4ccccc4c4c3ccc3c5ccccc5sc34)c3ccccc23)c2ccccc12. The van der Waals surface area contributed by atoms with Crippen molar-refractivity contribution in [3.63, 3.8) is 0 Å². The molecule has 0 fully saturated rings. The molecule has 216 valence electrons. The second-order valence-electron chi connectivity index (χ2n) is 12.1. The van der Waals surface area contributed by atoms with Crippen LogP contribution in [0.25, 0.3) is 101 Å². The third kappa shape index (κ3) is 3.68. The Morgan fingerprint density at radius 3 is 1.70 bits per heavy atom. The molecule has 10 rings (SSSR count). The summed E-state index contributed by atoms with van der Waals surface area (Å²) in [6.07, 6.45) is 0. The van der Waals surface area contributed by atoms with Gasteiger partial charge in [0.25, 0.3) is 0 Å². The Labute approximate surface area is 274 Å². The largest absolute Gasteiger partial charge is 0.247 e. The van der Waals surface area contributed by atoms with Gasteiger partial charge in [-0.25, -0.2) is 9.83 Å². The lowest BCUT2D eigenvalue weighted by molar-refractivity contribution is 1.45. The lowest BCUT2D eigenvalue weighted by atomic mass is 9.84. The number of hydrogen-bond donors (Lipinski definition) is 0. The molecule has 0 aliphatic carbocycles. The van der Waals surface area contributed by atoms with Crippen LogP contribution in [0.3, 0.4) is 0 Å². The highest BCUT2D eigenvalue weighted by atomic mass is 32.1. The van der Waals surface area contributed by atoms with Crippen LogP contribution in [-0.2, 0) is 0 Å². The standard InChI is InChI=1S/C44H24N2S/c1-45-37-25-24-33(26-12-2-3-13-27(26)37)40-29-15-4-6-17-31(29)41(32-18-7-5-16-30(32)40)43-36-23-22-34-28-14-9-11-21-39(28)47-44(34)42(36)35-19-8-10-20-38(35)46-43/h2-25H. The van der Waals surface area contributed by atoms with Crippen LogP contribution in [0.5, 0.6) is 0 Å². The number of para-hydroxylation sites is 1. The van der Waals surface area contributed by atoms with E-state index in [1.165, 1.54) is 58.1 Å². The molecule has 47 heavy (non-hydrogen) atoms. The van der Waals surface area contributed by atoms with E-state index in [4.69, 9.17) is 11.6 Å². The van der Waals surface area contributed by atoms with Crippen molar-refractivity contribution in [2.24, 2.45) is 0 Å². The second-order valence-corrected chi connectivity index (χ2v) is 13.1. The maximum absolute atomic E-state index is 7.81. The average Bonchev–Trinajstić information content (AvgIpc) is 3.52. The van der Waals surface area contributed by atoms with Gasteiger partial charge in [-0.05, 0) is 55.6 Å². The fraction of sp³-hybridized carbons (Fsp3) is 0. The van der Waals surface area contributed by atoms with Crippen LogP contribution >= 0.6 is 11.3 Å². The van der Waals surface area contributed by atoms with E-state index in [1.54, 1.807) is 0 Å². The summed E-state index contributed by atoms with van der Waals surface area (Å²) in [6, 6.07) is 51.8. The molecule has 0 unspecified atom stereocenters. The van der Waals surface area contributed by atoms with Crippen molar-refractivity contribution in [3.8, 4) is 22.4 Å². The van der Waals surface area contributed by atoms with Crippen LogP contribution < -0.4 is 0 Å². The summed E-state index contributed by atoms with van der Waals surface area (Å²) in [7, 11) is 0. The summed E-state index contributed by atoms with van der Waals surface area (Å²) in [5.41, 5.74) is 6.15. The summed E-state index contributed by atoms with van der Waals surface area (Å²) in [5, 5.41) is 13.0. The molecule has 2 aromatic heterocycles. The fourth-order valence-electron chi connectivity index (χ4n) is 7.68. The van der Waals surface area contributed by atoms with E-state index in [1.807, 2.05) is 23.5 Å². The number of hydrogen-bond acceptors (Lipinski definition) is 2. The molecule has 3 heteroatoms. The topological polar surface area (TPSA) is 17.2 Å². The zero-order chi connectivity index (χ0) is 31.1. The summed E-state index contributed by atoms with van der Waals surface area (Å²) >= 11 is 1.87. The number of pyridine rings is 1. The third-order valence-electron chi connectivity index (χ3n) is 9.67. The van der Waals surface area contributed by atoms with Crippen LogP contribution in [0, 0.1) is 6.57 Å². The lowest BCUT2D eigenvalue weighted by Gasteiger charge is -2.20. The third-order valence-corrected chi connectivity index (χ3v) is 10.9. The van der Waals surface area contributed by atoms with Gasteiger partial charge in [0, 0.05) is 41.9 Å². The molecule has 0 saturated heterocycles. The first-order chi connectivity index (χ1) is 23.3. The predicted octanol–water partition coefficient (Wildman–Crippen LogP) is 13.1. The van der Waals surface area contributed by atoms with Crippen molar-refractivity contribution in [3.05, 3.63) is 157 Å². The van der Waals surface area contributed by atoms with Crippen LogP contribution in [-0.4, -0.2) is 4.98 Å². The molecule has 0 N–H and O–H groups in total. The quantitative estimate of drug-likeness (QED) is 0.108. The van der Waals surface area contributed by atoms with Crippen molar-refractivity contribution in [1.82, 2.24) is 4.98 Å². The monoisotopic (exact) mass is 612 g/mol. The Balaban J connectivity index is 1.40. The lowest BCUT2D eigenvalue weighted by Crippen LogP contribution is -1.95. The molecule has 8 aromatic carbocycles. The molecule has 0 amide bonds. The van der Waals surface area contributed by atoms with Crippen molar-refractivity contribution in [2.75, 3.05) is 0 Å². The zero-order valence-corrected chi connectivity index (χ0v) is 26.0. The highest BCUT2D eigenvalue weighted by molar-refractivity contribution is 7.26. The van der Waals surface area contributed by atoms with E-state index < -0.39 is 0 Å². The molecule has 0 atom stereocenters. The van der Waals surface area contributed by atoms with Gasteiger partial charge in [-0.2, -0.15) is 0 Å². The Morgan fingerprint density at radius 1 is 0.447 bits per heavy atom. The maximum atomic E-state index is 7.81. The average molecular weight is 613 g/mol. The number of fused-ring (bicyclic) bond motifs is 10. The molecule has 2 nitrogen and oxygen atoms in total. The second kappa shape index (κ2) is 9.96. The Hall–Kier alpha value is -6.08. The Morgan fingerprint density at radius 2 is 1.00 bits per heavy atom. The minimum Gasteiger partial charge on any atom is -0.247 e. The summed E-state index contributed by atoms with van der Waals surface area (Å²) in [6.45, 7) is 7.81. The summed E-state index contributed by atoms with van der Waals surface area (Å²) < 4.78 is 2.61. The molecule has 10 aromatic rings. The van der Waals surface area contributed by atoms with E-state index in [2.05, 4.69) is 138 Å². The molecule has 0 saturated carbocycles. The van der Waals surface area contributed by atoms with E-state index in [0.29, 0.717) is 5.69 Å². The number of aromatic nitrogens is 1. The molecule has 0 spiro atoms. The maximum Gasteiger partial charge on any atom is 0.194 e. The van der Waals surface area contributed by atoms with Crippen molar-refractivity contribution in [2.45, 2.75) is 0 Å². The number of thiophene rings is 1. The van der Waals surface area contributed by atoms with Crippen molar-refractivity contribution < 1.29 is 0 Å². The van der Waals surface area contributed by atoms with E-state index in [-0.39, 0.29) is 0 Å². The minimum absolute atomic E-state index is 0.675. The summed E-state index contributed by atoms with van der Waals surface area (Å²) in [5.74, 6) is 0. The number of rotatable bonds is 2. The first-order valence-corrected chi connectivity index (χ1v) is 16.6. The van der Waals surface area contributed by atoms with Gasteiger partial charge < -0.3 is 0 Å². The van der Waals surface area contributed by atoms with Gasteiger partial charge in [0.15, 0.2) is 5.69 Å². The van der Waals surface area contributed by atoms with Gasteiger partial charge in [0.1, 0.15) is 0 Å². The van der Waals surface area contributed by atoms with Crippen LogP contribution in [0.15, 0.2) is 146 Å². The van der Waals surface area contributed by atoms with E-state index in [9.17, 15) is 0 Å². The van der Waals surface area contributed by atoms with Gasteiger partial charge in [-0.3, -0.25) is 0 Å². The Kier molecular flexibility index (Phi) is 5.55. The smallest absolute Gasteiger partial charge is 0.194 e.